The Morgan fingerprint density at radius 2 is 2.00 bits per heavy atom. The molecule has 1 aromatic carbocycles. The lowest BCUT2D eigenvalue weighted by atomic mass is 10.2. The molecule has 0 spiro atoms. The number of alkyl halides is 3. The zero-order valence-electron chi connectivity index (χ0n) is 16.3. The van der Waals surface area contributed by atoms with Gasteiger partial charge in [0.05, 0.1) is 24.5 Å². The number of aromatic nitrogens is 2. The Balaban J connectivity index is 1.56. The number of benzene rings is 1. The van der Waals surface area contributed by atoms with Gasteiger partial charge in [0.1, 0.15) is 5.82 Å². The van der Waals surface area contributed by atoms with Gasteiger partial charge in [0, 0.05) is 12.1 Å². The number of oxazole rings is 1. The Kier molecular flexibility index (Phi) is 5.64. The zero-order chi connectivity index (χ0) is 22.0. The van der Waals surface area contributed by atoms with Crippen LogP contribution in [0.2, 0.25) is 0 Å². The van der Waals surface area contributed by atoms with E-state index in [1.54, 1.807) is 30.3 Å². The Labute approximate surface area is 175 Å². The summed E-state index contributed by atoms with van der Waals surface area (Å²) in [5.41, 5.74) is -0.316. The molecule has 2 aromatic heterocycles. The van der Waals surface area contributed by atoms with E-state index in [1.165, 1.54) is 18.3 Å². The molecule has 162 valence electrons. The highest BCUT2D eigenvalue weighted by molar-refractivity contribution is 6.04. The van der Waals surface area contributed by atoms with Crippen molar-refractivity contribution >= 4 is 17.4 Å². The largest absolute Gasteiger partial charge is 0.452 e. The van der Waals surface area contributed by atoms with Gasteiger partial charge in [-0.2, -0.15) is 13.2 Å². The van der Waals surface area contributed by atoms with Gasteiger partial charge in [-0.15, -0.1) is 0 Å². The molecule has 1 saturated heterocycles. The fourth-order valence-electron chi connectivity index (χ4n) is 3.52. The minimum absolute atomic E-state index is 0.0102. The number of hydrogen-bond donors (Lipinski definition) is 2. The van der Waals surface area contributed by atoms with Gasteiger partial charge in [0.2, 0.25) is 11.7 Å². The summed E-state index contributed by atoms with van der Waals surface area (Å²) in [7, 11) is 0. The third-order valence-electron chi connectivity index (χ3n) is 5.01. The highest BCUT2D eigenvalue weighted by atomic mass is 19.4. The number of rotatable bonds is 5. The number of nitrogens with one attached hydrogen (secondary N) is 1. The highest BCUT2D eigenvalue weighted by Gasteiger charge is 2.42. The van der Waals surface area contributed by atoms with E-state index in [2.05, 4.69) is 15.3 Å². The van der Waals surface area contributed by atoms with Crippen LogP contribution in [0.5, 0.6) is 0 Å². The van der Waals surface area contributed by atoms with Crippen molar-refractivity contribution in [3.8, 4) is 11.5 Å². The number of amides is 1. The Morgan fingerprint density at radius 1 is 1.23 bits per heavy atom. The van der Waals surface area contributed by atoms with Crippen LogP contribution in [0.1, 0.15) is 29.1 Å². The lowest BCUT2D eigenvalue weighted by Crippen LogP contribution is -2.32. The molecule has 3 aromatic rings. The van der Waals surface area contributed by atoms with Crippen molar-refractivity contribution in [1.82, 2.24) is 9.97 Å². The summed E-state index contributed by atoms with van der Waals surface area (Å²) in [4.78, 5) is 22.6. The molecule has 0 unspecified atom stereocenters. The topological polar surface area (TPSA) is 91.5 Å². The molecule has 1 fully saturated rings. The predicted octanol–water partition coefficient (Wildman–Crippen LogP) is 3.97. The minimum atomic E-state index is -4.89. The van der Waals surface area contributed by atoms with Gasteiger partial charge in [0.25, 0.3) is 5.91 Å². The second-order valence-electron chi connectivity index (χ2n) is 7.09. The first-order valence-electron chi connectivity index (χ1n) is 9.65. The zero-order valence-corrected chi connectivity index (χ0v) is 16.3. The molecule has 0 saturated carbocycles. The molecule has 0 radical (unpaired) electrons. The molecule has 10 heteroatoms. The van der Waals surface area contributed by atoms with Crippen molar-refractivity contribution in [2.75, 3.05) is 23.4 Å². The first-order valence-corrected chi connectivity index (χ1v) is 9.65. The van der Waals surface area contributed by atoms with E-state index in [0.29, 0.717) is 11.4 Å². The molecule has 1 aliphatic heterocycles. The summed E-state index contributed by atoms with van der Waals surface area (Å²) in [6.45, 7) is 0.760. The first-order chi connectivity index (χ1) is 14.9. The molecule has 7 nitrogen and oxygen atoms in total. The maximum atomic E-state index is 13.4. The van der Waals surface area contributed by atoms with Crippen LogP contribution in [0.4, 0.5) is 24.7 Å². The van der Waals surface area contributed by atoms with Crippen molar-refractivity contribution in [1.29, 1.82) is 0 Å². The van der Waals surface area contributed by atoms with E-state index in [-0.39, 0.29) is 24.2 Å². The molecule has 0 aliphatic carbocycles. The average molecular weight is 432 g/mol. The molecule has 1 aliphatic rings. The van der Waals surface area contributed by atoms with Gasteiger partial charge in [-0.25, -0.2) is 9.97 Å². The number of aliphatic hydroxyl groups is 1. The lowest BCUT2D eigenvalue weighted by Gasteiger charge is -2.24. The summed E-state index contributed by atoms with van der Waals surface area (Å²) in [5, 5.41) is 11.8. The van der Waals surface area contributed by atoms with Crippen LogP contribution < -0.4 is 10.2 Å². The third kappa shape index (κ3) is 4.38. The van der Waals surface area contributed by atoms with E-state index in [0.717, 1.165) is 19.4 Å². The summed E-state index contributed by atoms with van der Waals surface area (Å²) >= 11 is 0. The molecule has 31 heavy (non-hydrogen) atoms. The quantitative estimate of drug-likeness (QED) is 0.634. The van der Waals surface area contributed by atoms with Crippen LogP contribution >= 0.6 is 0 Å². The molecule has 1 atom stereocenters. The Morgan fingerprint density at radius 3 is 2.65 bits per heavy atom. The van der Waals surface area contributed by atoms with E-state index in [9.17, 15) is 23.1 Å². The molecule has 0 bridgehead atoms. The van der Waals surface area contributed by atoms with Crippen molar-refractivity contribution < 1.29 is 27.5 Å². The van der Waals surface area contributed by atoms with Crippen LogP contribution in [0.15, 0.2) is 53.1 Å². The first kappa shape index (κ1) is 20.9. The molecular weight excluding hydrogens is 413 g/mol. The van der Waals surface area contributed by atoms with Crippen LogP contribution in [0, 0.1) is 0 Å². The molecule has 2 N–H and O–H groups in total. The molecule has 3 heterocycles. The summed E-state index contributed by atoms with van der Waals surface area (Å²) < 4.78 is 45.2. The van der Waals surface area contributed by atoms with Gasteiger partial charge >= 0.3 is 6.18 Å². The maximum absolute atomic E-state index is 13.4. The van der Waals surface area contributed by atoms with Crippen LogP contribution in [-0.4, -0.2) is 40.2 Å². The number of nitrogens with zero attached hydrogens (tertiary/aromatic N) is 3. The Hall–Kier alpha value is -3.40. The fraction of sp³-hybridized carbons (Fsp3) is 0.286. The number of aliphatic hydroxyl groups excluding tert-OH is 1. The van der Waals surface area contributed by atoms with Crippen molar-refractivity contribution in [2.45, 2.75) is 25.1 Å². The van der Waals surface area contributed by atoms with E-state index < -0.39 is 23.5 Å². The summed E-state index contributed by atoms with van der Waals surface area (Å²) in [6.07, 6.45) is -1.75. The van der Waals surface area contributed by atoms with Crippen molar-refractivity contribution in [3.05, 3.63) is 60.1 Å². The van der Waals surface area contributed by atoms with Gasteiger partial charge < -0.3 is 19.7 Å². The molecule has 1 amide bonds. The minimum Gasteiger partial charge on any atom is -0.431 e. The second-order valence-corrected chi connectivity index (χ2v) is 7.09. The average Bonchev–Trinajstić information content (AvgIpc) is 3.42. The third-order valence-corrected chi connectivity index (χ3v) is 5.01. The Bertz CT molecular complexity index is 1050. The van der Waals surface area contributed by atoms with Crippen LogP contribution in [0.25, 0.3) is 11.5 Å². The summed E-state index contributed by atoms with van der Waals surface area (Å²) in [5.74, 6) is -2.19. The highest BCUT2D eigenvalue weighted by Crippen LogP contribution is 2.35. The number of pyridine rings is 1. The standard InChI is InChI=1S/C21H19F3N4O3/c22-21(23,24)18-17(27-20(31-18)13-5-2-1-3-6-13)19(30)26-14-8-9-16(25-11-14)28-10-4-7-15(28)12-29/h1-3,5-6,8-9,11,15,29H,4,7,10,12H2,(H,26,30)/t15-/m0/s1. The predicted molar refractivity (Wildman–Crippen MR) is 107 cm³/mol. The number of carbonyl (C=O) groups excluding carboxylic acids is 1. The number of anilines is 2. The monoisotopic (exact) mass is 432 g/mol. The SMILES string of the molecule is O=C(Nc1ccc(N2CCC[C@H]2CO)nc1)c1nc(-c2ccccc2)oc1C(F)(F)F. The number of hydrogen-bond acceptors (Lipinski definition) is 6. The van der Waals surface area contributed by atoms with E-state index in [1.807, 2.05) is 4.90 Å². The van der Waals surface area contributed by atoms with Crippen LogP contribution in [-0.2, 0) is 6.18 Å². The van der Waals surface area contributed by atoms with Crippen molar-refractivity contribution in [3.63, 3.8) is 0 Å². The fourth-order valence-corrected chi connectivity index (χ4v) is 3.52. The molecular formula is C21H19F3N4O3. The maximum Gasteiger partial charge on any atom is 0.452 e. The second kappa shape index (κ2) is 8.38. The molecule has 4 rings (SSSR count). The number of halogens is 3. The van der Waals surface area contributed by atoms with Gasteiger partial charge in [0.15, 0.2) is 5.69 Å². The van der Waals surface area contributed by atoms with E-state index >= 15 is 0 Å². The normalized spacial score (nSPS) is 16.5. The smallest absolute Gasteiger partial charge is 0.431 e. The summed E-state index contributed by atoms with van der Waals surface area (Å²) in [6, 6.07) is 11.2. The van der Waals surface area contributed by atoms with E-state index in [4.69, 9.17) is 4.42 Å². The van der Waals surface area contributed by atoms with Crippen LogP contribution in [0.3, 0.4) is 0 Å². The van der Waals surface area contributed by atoms with Gasteiger partial charge in [-0.05, 0) is 37.1 Å². The lowest BCUT2D eigenvalue weighted by molar-refractivity contribution is -0.153. The van der Waals surface area contributed by atoms with Crippen molar-refractivity contribution in [2.24, 2.45) is 0 Å². The van der Waals surface area contributed by atoms with Gasteiger partial charge in [-0.3, -0.25) is 4.79 Å². The van der Waals surface area contributed by atoms with Gasteiger partial charge in [-0.1, -0.05) is 18.2 Å². The number of carbonyl (C=O) groups is 1.